The number of aromatic nitrogens is 4. The number of H-pyrrole nitrogens is 2. The van der Waals surface area contributed by atoms with E-state index in [1.54, 1.807) is 0 Å². The number of nitrogen functional groups attached to an aromatic ring is 1. The van der Waals surface area contributed by atoms with Crippen LogP contribution in [0.2, 0.25) is 0 Å². The SMILES string of the molecule is CNCc1ccc2cc(-c3cc(N)nc4nc(C)[nH]c34)[nH]c2c1. The maximum absolute atomic E-state index is 5.94. The Morgan fingerprint density at radius 1 is 1.13 bits per heavy atom. The van der Waals surface area contributed by atoms with Crippen LogP contribution in [0, 0.1) is 6.92 Å². The van der Waals surface area contributed by atoms with Crippen molar-refractivity contribution >= 4 is 27.9 Å². The lowest BCUT2D eigenvalue weighted by molar-refractivity contribution is 0.819. The molecule has 4 rings (SSSR count). The summed E-state index contributed by atoms with van der Waals surface area (Å²) in [5, 5.41) is 4.34. The molecule has 0 spiro atoms. The smallest absolute Gasteiger partial charge is 0.180 e. The van der Waals surface area contributed by atoms with Crippen molar-refractivity contribution in [3.63, 3.8) is 0 Å². The van der Waals surface area contributed by atoms with Gasteiger partial charge in [-0.1, -0.05) is 12.1 Å². The van der Waals surface area contributed by atoms with Crippen LogP contribution in [0.15, 0.2) is 30.3 Å². The van der Waals surface area contributed by atoms with Gasteiger partial charge in [-0.25, -0.2) is 9.97 Å². The second kappa shape index (κ2) is 5.10. The van der Waals surface area contributed by atoms with Gasteiger partial charge in [-0.15, -0.1) is 0 Å². The molecule has 0 fully saturated rings. The van der Waals surface area contributed by atoms with Crippen molar-refractivity contribution in [3.8, 4) is 11.3 Å². The number of pyridine rings is 1. The van der Waals surface area contributed by atoms with E-state index in [-0.39, 0.29) is 0 Å². The van der Waals surface area contributed by atoms with Gasteiger partial charge in [0.25, 0.3) is 0 Å². The number of imidazole rings is 1. The summed E-state index contributed by atoms with van der Waals surface area (Å²) in [7, 11) is 1.95. The zero-order valence-electron chi connectivity index (χ0n) is 13.1. The summed E-state index contributed by atoms with van der Waals surface area (Å²) < 4.78 is 0. The molecule has 0 atom stereocenters. The van der Waals surface area contributed by atoms with Crippen LogP contribution in [0.5, 0.6) is 0 Å². The van der Waals surface area contributed by atoms with E-state index in [1.807, 2.05) is 20.0 Å². The number of fused-ring (bicyclic) bond motifs is 2. The first-order chi connectivity index (χ1) is 11.1. The fourth-order valence-electron chi connectivity index (χ4n) is 2.97. The topological polar surface area (TPSA) is 95.4 Å². The largest absolute Gasteiger partial charge is 0.384 e. The Morgan fingerprint density at radius 2 is 2.00 bits per heavy atom. The van der Waals surface area contributed by atoms with Crippen molar-refractivity contribution < 1.29 is 0 Å². The molecule has 0 saturated carbocycles. The molecule has 4 aromatic rings. The predicted octanol–water partition coefficient (Wildman–Crippen LogP) is 2.72. The Kier molecular flexibility index (Phi) is 3.06. The molecule has 3 aromatic heterocycles. The molecule has 6 nitrogen and oxygen atoms in total. The van der Waals surface area contributed by atoms with Gasteiger partial charge < -0.3 is 21.0 Å². The molecule has 0 aliphatic heterocycles. The minimum absolute atomic E-state index is 0.466. The van der Waals surface area contributed by atoms with Gasteiger partial charge in [0.15, 0.2) is 5.65 Å². The molecule has 0 saturated heterocycles. The van der Waals surface area contributed by atoms with Crippen LogP contribution < -0.4 is 11.1 Å². The maximum Gasteiger partial charge on any atom is 0.180 e. The van der Waals surface area contributed by atoms with E-state index in [0.717, 1.165) is 34.7 Å². The number of aryl methyl sites for hydroxylation is 1. The number of benzene rings is 1. The molecule has 6 heteroatoms. The number of aromatic amines is 2. The van der Waals surface area contributed by atoms with Crippen molar-refractivity contribution in [2.45, 2.75) is 13.5 Å². The number of hydrogen-bond donors (Lipinski definition) is 4. The quantitative estimate of drug-likeness (QED) is 0.468. The Balaban J connectivity index is 1.91. The lowest BCUT2D eigenvalue weighted by Gasteiger charge is -2.01. The zero-order valence-corrected chi connectivity index (χ0v) is 13.1. The third-order valence-corrected chi connectivity index (χ3v) is 3.96. The van der Waals surface area contributed by atoms with Crippen LogP contribution in [-0.4, -0.2) is 27.0 Å². The highest BCUT2D eigenvalue weighted by Gasteiger charge is 2.12. The molecule has 23 heavy (non-hydrogen) atoms. The monoisotopic (exact) mass is 306 g/mol. The number of rotatable bonds is 3. The second-order valence-electron chi connectivity index (χ2n) is 5.75. The fourth-order valence-corrected chi connectivity index (χ4v) is 2.97. The summed E-state index contributed by atoms with van der Waals surface area (Å²) in [6.07, 6.45) is 0. The molecule has 5 N–H and O–H groups in total. The van der Waals surface area contributed by atoms with Gasteiger partial charge in [-0.2, -0.15) is 0 Å². The number of nitrogens with one attached hydrogen (secondary N) is 3. The zero-order chi connectivity index (χ0) is 16.0. The summed E-state index contributed by atoms with van der Waals surface area (Å²) in [5.74, 6) is 1.29. The lowest BCUT2D eigenvalue weighted by atomic mass is 10.1. The number of hydrogen-bond acceptors (Lipinski definition) is 4. The molecule has 0 aliphatic carbocycles. The molecule has 1 aromatic carbocycles. The Bertz CT molecular complexity index is 1010. The standard InChI is InChI=1S/C17H18N6/c1-9-20-16-12(7-15(18)23-17(16)21-9)14-6-11-4-3-10(8-19-2)5-13(11)22-14/h3-7,19,22H,8H2,1-2H3,(H3,18,20,21,23). The molecular formula is C17H18N6. The van der Waals surface area contributed by atoms with Crippen LogP contribution in [0.25, 0.3) is 33.3 Å². The van der Waals surface area contributed by atoms with E-state index in [0.29, 0.717) is 11.5 Å². The maximum atomic E-state index is 5.94. The van der Waals surface area contributed by atoms with Crippen LogP contribution >= 0.6 is 0 Å². The van der Waals surface area contributed by atoms with Crippen molar-refractivity contribution in [3.05, 3.63) is 41.7 Å². The Hall–Kier alpha value is -2.86. The van der Waals surface area contributed by atoms with Gasteiger partial charge in [0.1, 0.15) is 11.6 Å². The van der Waals surface area contributed by atoms with E-state index in [2.05, 4.69) is 49.5 Å². The molecule has 0 amide bonds. The highest BCUT2D eigenvalue weighted by atomic mass is 15.0. The van der Waals surface area contributed by atoms with Gasteiger partial charge >= 0.3 is 0 Å². The van der Waals surface area contributed by atoms with Crippen molar-refractivity contribution in [1.82, 2.24) is 25.3 Å². The average molecular weight is 306 g/mol. The third kappa shape index (κ3) is 2.33. The van der Waals surface area contributed by atoms with Crippen LogP contribution in [0.4, 0.5) is 5.82 Å². The highest BCUT2D eigenvalue weighted by Crippen LogP contribution is 2.30. The Labute approximate surface area is 133 Å². The number of nitrogens with zero attached hydrogens (tertiary/aromatic N) is 2. The lowest BCUT2D eigenvalue weighted by Crippen LogP contribution is -2.04. The van der Waals surface area contributed by atoms with E-state index < -0.39 is 0 Å². The average Bonchev–Trinajstić information content (AvgIpc) is 3.08. The van der Waals surface area contributed by atoms with Gasteiger partial charge in [0.2, 0.25) is 0 Å². The summed E-state index contributed by atoms with van der Waals surface area (Å²) in [6, 6.07) is 10.4. The number of nitrogens with two attached hydrogens (primary N) is 1. The summed E-state index contributed by atoms with van der Waals surface area (Å²) in [5.41, 5.74) is 11.8. The molecule has 0 radical (unpaired) electrons. The van der Waals surface area contributed by atoms with Gasteiger partial charge in [-0.05, 0) is 37.7 Å². The van der Waals surface area contributed by atoms with E-state index in [9.17, 15) is 0 Å². The normalized spacial score (nSPS) is 11.6. The third-order valence-electron chi connectivity index (χ3n) is 3.96. The van der Waals surface area contributed by atoms with Crippen LogP contribution in [0.3, 0.4) is 0 Å². The first-order valence-electron chi connectivity index (χ1n) is 7.53. The summed E-state index contributed by atoms with van der Waals surface area (Å²) in [4.78, 5) is 15.4. The van der Waals surface area contributed by atoms with E-state index >= 15 is 0 Å². The second-order valence-corrected chi connectivity index (χ2v) is 5.75. The summed E-state index contributed by atoms with van der Waals surface area (Å²) in [6.45, 7) is 2.76. The molecule has 0 unspecified atom stereocenters. The fraction of sp³-hybridized carbons (Fsp3) is 0.176. The van der Waals surface area contributed by atoms with Crippen molar-refractivity contribution in [2.24, 2.45) is 0 Å². The minimum Gasteiger partial charge on any atom is -0.384 e. The minimum atomic E-state index is 0.466. The van der Waals surface area contributed by atoms with Crippen molar-refractivity contribution in [1.29, 1.82) is 0 Å². The molecule has 0 aliphatic rings. The highest BCUT2D eigenvalue weighted by molar-refractivity contribution is 5.95. The molecule has 3 heterocycles. The molecular weight excluding hydrogens is 288 g/mol. The van der Waals surface area contributed by atoms with Crippen LogP contribution in [0.1, 0.15) is 11.4 Å². The van der Waals surface area contributed by atoms with E-state index in [1.165, 1.54) is 10.9 Å². The first-order valence-corrected chi connectivity index (χ1v) is 7.53. The van der Waals surface area contributed by atoms with Crippen LogP contribution in [-0.2, 0) is 6.54 Å². The van der Waals surface area contributed by atoms with Gasteiger partial charge in [0, 0.05) is 28.7 Å². The van der Waals surface area contributed by atoms with E-state index in [4.69, 9.17) is 5.73 Å². The number of anilines is 1. The van der Waals surface area contributed by atoms with Crippen molar-refractivity contribution in [2.75, 3.05) is 12.8 Å². The Morgan fingerprint density at radius 3 is 2.83 bits per heavy atom. The van der Waals surface area contributed by atoms with Gasteiger partial charge in [0.05, 0.1) is 5.52 Å². The predicted molar refractivity (Wildman–Crippen MR) is 93.1 cm³/mol. The first kappa shape index (κ1) is 13.8. The summed E-state index contributed by atoms with van der Waals surface area (Å²) >= 11 is 0. The van der Waals surface area contributed by atoms with Gasteiger partial charge in [-0.3, -0.25) is 0 Å². The molecule has 116 valence electrons. The molecule has 0 bridgehead atoms.